The van der Waals surface area contributed by atoms with Gasteiger partial charge in [-0.3, -0.25) is 9.59 Å². The standard InChI is InChI=1S/C19H19BrN4O2/c1-13-8-15(20)6-7-17(13)23-19(26)12-24(2)11-18(25)22-16-5-3-4-14(9-16)10-21/h3-9H,11-12H2,1-2H3,(H,22,25)(H,23,26)/p+1. The second kappa shape index (κ2) is 9.13. The van der Waals surface area contributed by atoms with E-state index in [1.807, 2.05) is 31.2 Å². The lowest BCUT2D eigenvalue weighted by atomic mass is 10.2. The number of quaternary nitrogens is 1. The Kier molecular flexibility index (Phi) is 6.89. The normalized spacial score (nSPS) is 11.3. The van der Waals surface area contributed by atoms with Gasteiger partial charge in [0.1, 0.15) is 0 Å². The number of nitriles is 1. The number of nitrogens with one attached hydrogen (secondary N) is 3. The first kappa shape index (κ1) is 19.6. The minimum absolute atomic E-state index is 0.142. The molecular weight excluding hydrogens is 396 g/mol. The molecule has 0 radical (unpaired) electrons. The van der Waals surface area contributed by atoms with Gasteiger partial charge < -0.3 is 15.5 Å². The smallest absolute Gasteiger partial charge is 0.279 e. The van der Waals surface area contributed by atoms with E-state index >= 15 is 0 Å². The molecule has 1 unspecified atom stereocenters. The summed E-state index contributed by atoms with van der Waals surface area (Å²) >= 11 is 3.39. The van der Waals surface area contributed by atoms with E-state index in [9.17, 15) is 9.59 Å². The quantitative estimate of drug-likeness (QED) is 0.671. The van der Waals surface area contributed by atoms with Crippen LogP contribution >= 0.6 is 15.9 Å². The minimum Gasteiger partial charge on any atom is -0.322 e. The van der Waals surface area contributed by atoms with Crippen molar-refractivity contribution in [2.45, 2.75) is 6.92 Å². The number of anilines is 2. The van der Waals surface area contributed by atoms with Gasteiger partial charge in [-0.15, -0.1) is 0 Å². The maximum Gasteiger partial charge on any atom is 0.279 e. The summed E-state index contributed by atoms with van der Waals surface area (Å²) in [6.07, 6.45) is 0. The Labute approximate surface area is 160 Å². The number of halogens is 1. The van der Waals surface area contributed by atoms with E-state index < -0.39 is 0 Å². The van der Waals surface area contributed by atoms with Crippen LogP contribution < -0.4 is 15.5 Å². The van der Waals surface area contributed by atoms with Crippen LogP contribution in [0.5, 0.6) is 0 Å². The van der Waals surface area contributed by atoms with Crippen molar-refractivity contribution in [2.24, 2.45) is 0 Å². The van der Waals surface area contributed by atoms with Crippen molar-refractivity contribution in [3.8, 4) is 6.07 Å². The predicted octanol–water partition coefficient (Wildman–Crippen LogP) is 1.72. The fourth-order valence-corrected chi connectivity index (χ4v) is 2.92. The van der Waals surface area contributed by atoms with Crippen molar-refractivity contribution in [2.75, 3.05) is 30.8 Å². The first-order valence-electron chi connectivity index (χ1n) is 8.04. The van der Waals surface area contributed by atoms with Gasteiger partial charge in [-0.05, 0) is 48.9 Å². The van der Waals surface area contributed by atoms with Gasteiger partial charge in [0.15, 0.2) is 13.1 Å². The zero-order chi connectivity index (χ0) is 19.1. The van der Waals surface area contributed by atoms with Crippen LogP contribution in [0.25, 0.3) is 0 Å². The molecule has 0 aliphatic heterocycles. The van der Waals surface area contributed by atoms with Crippen LogP contribution in [0.4, 0.5) is 11.4 Å². The number of carbonyl (C=O) groups excluding carboxylic acids is 2. The molecule has 0 aromatic heterocycles. The molecule has 3 N–H and O–H groups in total. The molecule has 0 heterocycles. The van der Waals surface area contributed by atoms with Crippen LogP contribution in [0.15, 0.2) is 46.9 Å². The number of aryl methyl sites for hydroxylation is 1. The molecule has 0 aliphatic carbocycles. The van der Waals surface area contributed by atoms with Crippen LogP contribution in [0.3, 0.4) is 0 Å². The first-order chi connectivity index (χ1) is 12.4. The third kappa shape index (κ3) is 5.99. The minimum atomic E-state index is -0.217. The summed E-state index contributed by atoms with van der Waals surface area (Å²) in [6, 6.07) is 14.4. The van der Waals surface area contributed by atoms with Crippen LogP contribution in [0.1, 0.15) is 11.1 Å². The number of hydrogen-bond donors (Lipinski definition) is 3. The van der Waals surface area contributed by atoms with Gasteiger partial charge in [0.25, 0.3) is 11.8 Å². The van der Waals surface area contributed by atoms with Gasteiger partial charge in [-0.1, -0.05) is 22.0 Å². The molecule has 134 valence electrons. The predicted molar refractivity (Wildman–Crippen MR) is 104 cm³/mol. The molecule has 0 saturated heterocycles. The number of rotatable bonds is 6. The van der Waals surface area contributed by atoms with Gasteiger partial charge in [0.05, 0.1) is 18.7 Å². The molecule has 7 heteroatoms. The van der Waals surface area contributed by atoms with Crippen molar-refractivity contribution >= 4 is 39.1 Å². The number of likely N-dealkylation sites (N-methyl/N-ethyl adjacent to an activating group) is 1. The van der Waals surface area contributed by atoms with Gasteiger partial charge >= 0.3 is 0 Å². The zero-order valence-electron chi connectivity index (χ0n) is 14.6. The Bertz CT molecular complexity index is 861. The SMILES string of the molecule is Cc1cc(Br)ccc1NC(=O)C[NH+](C)CC(=O)Nc1cccc(C#N)c1. The summed E-state index contributed by atoms with van der Waals surface area (Å²) in [7, 11) is 1.78. The maximum atomic E-state index is 12.2. The van der Waals surface area contributed by atoms with Crippen LogP contribution in [-0.2, 0) is 9.59 Å². The molecule has 6 nitrogen and oxygen atoms in total. The monoisotopic (exact) mass is 415 g/mol. The van der Waals surface area contributed by atoms with E-state index in [0.29, 0.717) is 11.3 Å². The van der Waals surface area contributed by atoms with E-state index in [1.54, 1.807) is 31.3 Å². The number of amides is 2. The molecule has 0 bridgehead atoms. The van der Waals surface area contributed by atoms with Gasteiger partial charge in [0.2, 0.25) is 0 Å². The molecular formula is C19H20BrN4O2+. The molecule has 26 heavy (non-hydrogen) atoms. The summed E-state index contributed by atoms with van der Waals surface area (Å²) in [5.74, 6) is -0.377. The summed E-state index contributed by atoms with van der Waals surface area (Å²) in [5.41, 5.74) is 2.76. The second-order valence-corrected chi connectivity index (χ2v) is 6.97. The van der Waals surface area contributed by atoms with Crippen molar-refractivity contribution < 1.29 is 14.5 Å². The Balaban J connectivity index is 1.85. The van der Waals surface area contributed by atoms with E-state index in [1.165, 1.54) is 0 Å². The number of hydrogen-bond acceptors (Lipinski definition) is 3. The highest BCUT2D eigenvalue weighted by Gasteiger charge is 2.15. The topological polar surface area (TPSA) is 86.4 Å². The lowest BCUT2D eigenvalue weighted by Crippen LogP contribution is -3.11. The van der Waals surface area contributed by atoms with Crippen molar-refractivity contribution in [1.29, 1.82) is 5.26 Å². The summed E-state index contributed by atoms with van der Waals surface area (Å²) in [4.78, 5) is 25.0. The molecule has 0 saturated carbocycles. The number of benzene rings is 2. The van der Waals surface area contributed by atoms with E-state index in [2.05, 4.69) is 26.6 Å². The Morgan fingerprint density at radius 3 is 2.46 bits per heavy atom. The Morgan fingerprint density at radius 2 is 1.81 bits per heavy atom. The van der Waals surface area contributed by atoms with Crippen LogP contribution in [0, 0.1) is 18.3 Å². The zero-order valence-corrected chi connectivity index (χ0v) is 16.2. The van der Waals surface area contributed by atoms with Gasteiger partial charge in [-0.2, -0.15) is 5.26 Å². The second-order valence-electron chi connectivity index (χ2n) is 6.06. The third-order valence-corrected chi connectivity index (χ3v) is 4.16. The molecule has 2 amide bonds. The molecule has 0 aliphatic rings. The van der Waals surface area contributed by atoms with Gasteiger partial charge in [0, 0.05) is 15.8 Å². The largest absolute Gasteiger partial charge is 0.322 e. The highest BCUT2D eigenvalue weighted by atomic mass is 79.9. The first-order valence-corrected chi connectivity index (χ1v) is 8.84. The Morgan fingerprint density at radius 1 is 1.12 bits per heavy atom. The molecule has 2 rings (SSSR count). The highest BCUT2D eigenvalue weighted by Crippen LogP contribution is 2.19. The van der Waals surface area contributed by atoms with Crippen molar-refractivity contribution in [3.05, 3.63) is 58.1 Å². The average Bonchev–Trinajstić information content (AvgIpc) is 2.57. The van der Waals surface area contributed by atoms with Crippen molar-refractivity contribution in [1.82, 2.24) is 0 Å². The summed E-state index contributed by atoms with van der Waals surface area (Å²) < 4.78 is 0.952. The van der Waals surface area contributed by atoms with Crippen LogP contribution in [-0.4, -0.2) is 32.0 Å². The Hall–Kier alpha value is -2.69. The molecule has 2 aromatic carbocycles. The third-order valence-electron chi connectivity index (χ3n) is 3.66. The fraction of sp³-hybridized carbons (Fsp3) is 0.211. The average molecular weight is 416 g/mol. The fourth-order valence-electron chi connectivity index (χ4n) is 2.44. The summed E-state index contributed by atoms with van der Waals surface area (Å²) in [5, 5.41) is 14.5. The highest BCUT2D eigenvalue weighted by molar-refractivity contribution is 9.10. The lowest BCUT2D eigenvalue weighted by molar-refractivity contribution is -0.862. The number of nitrogens with zero attached hydrogens (tertiary/aromatic N) is 1. The van der Waals surface area contributed by atoms with E-state index in [0.717, 1.165) is 20.6 Å². The maximum absolute atomic E-state index is 12.2. The van der Waals surface area contributed by atoms with E-state index in [4.69, 9.17) is 5.26 Å². The molecule has 0 fully saturated rings. The molecule has 0 spiro atoms. The lowest BCUT2D eigenvalue weighted by Gasteiger charge is -2.14. The van der Waals surface area contributed by atoms with E-state index in [-0.39, 0.29) is 24.9 Å². The molecule has 2 aromatic rings. The molecule has 1 atom stereocenters. The van der Waals surface area contributed by atoms with Crippen molar-refractivity contribution in [3.63, 3.8) is 0 Å². The summed E-state index contributed by atoms with van der Waals surface area (Å²) in [6.45, 7) is 2.23. The van der Waals surface area contributed by atoms with Gasteiger partial charge in [-0.25, -0.2) is 0 Å². The van der Waals surface area contributed by atoms with Crippen LogP contribution in [0.2, 0.25) is 0 Å². The number of carbonyl (C=O) groups is 2.